The van der Waals surface area contributed by atoms with Crippen LogP contribution in [0.3, 0.4) is 0 Å². The summed E-state index contributed by atoms with van der Waals surface area (Å²) in [6, 6.07) is 0. The fourth-order valence-corrected chi connectivity index (χ4v) is 4.42. The van der Waals surface area contributed by atoms with E-state index in [9.17, 15) is 4.79 Å². The van der Waals surface area contributed by atoms with Crippen LogP contribution < -0.4 is 0 Å². The smallest absolute Gasteiger partial charge is 0.222 e. The number of piperidine rings is 1. The Bertz CT molecular complexity index is 341. The minimum atomic E-state index is 0.452. The molecule has 0 N–H and O–H groups in total. The van der Waals surface area contributed by atoms with E-state index in [4.69, 9.17) is 0 Å². The van der Waals surface area contributed by atoms with Crippen molar-refractivity contribution >= 4 is 5.91 Å². The molecule has 20 heavy (non-hydrogen) atoms. The molecule has 0 aromatic rings. The van der Waals surface area contributed by atoms with E-state index < -0.39 is 0 Å². The van der Waals surface area contributed by atoms with Crippen molar-refractivity contribution in [2.45, 2.75) is 57.8 Å². The van der Waals surface area contributed by atoms with Gasteiger partial charge in [0.25, 0.3) is 0 Å². The SMILES string of the molecule is CN1CCC2(CC1)CCN(C(=O)CC1CCCCC1)C2. The Morgan fingerprint density at radius 3 is 2.40 bits per heavy atom. The van der Waals surface area contributed by atoms with Gasteiger partial charge >= 0.3 is 0 Å². The molecule has 0 atom stereocenters. The van der Waals surface area contributed by atoms with Gasteiger partial charge < -0.3 is 9.80 Å². The fraction of sp³-hybridized carbons (Fsp3) is 0.941. The van der Waals surface area contributed by atoms with E-state index in [0.717, 1.165) is 19.5 Å². The van der Waals surface area contributed by atoms with Crippen LogP contribution in [0.25, 0.3) is 0 Å². The van der Waals surface area contributed by atoms with Crippen LogP contribution >= 0.6 is 0 Å². The molecule has 1 spiro atoms. The highest BCUT2D eigenvalue weighted by atomic mass is 16.2. The second kappa shape index (κ2) is 6.05. The number of nitrogens with zero attached hydrogens (tertiary/aromatic N) is 2. The molecular formula is C17H30N2O. The zero-order chi connectivity index (χ0) is 14.0. The highest BCUT2D eigenvalue weighted by Crippen LogP contribution is 2.40. The van der Waals surface area contributed by atoms with Crippen molar-refractivity contribution in [1.82, 2.24) is 9.80 Å². The van der Waals surface area contributed by atoms with Crippen LogP contribution in [0.5, 0.6) is 0 Å². The maximum atomic E-state index is 12.5. The number of likely N-dealkylation sites (tertiary alicyclic amines) is 2. The van der Waals surface area contributed by atoms with Crippen LogP contribution in [0.2, 0.25) is 0 Å². The average Bonchev–Trinajstić information content (AvgIpc) is 2.88. The number of hydrogen-bond donors (Lipinski definition) is 0. The summed E-state index contributed by atoms with van der Waals surface area (Å²) < 4.78 is 0. The molecule has 0 unspecified atom stereocenters. The van der Waals surface area contributed by atoms with Gasteiger partial charge in [-0.1, -0.05) is 19.3 Å². The number of hydrogen-bond acceptors (Lipinski definition) is 2. The van der Waals surface area contributed by atoms with Gasteiger partial charge in [0, 0.05) is 19.5 Å². The van der Waals surface area contributed by atoms with Crippen LogP contribution in [0.1, 0.15) is 57.8 Å². The maximum Gasteiger partial charge on any atom is 0.222 e. The third kappa shape index (κ3) is 3.19. The standard InChI is InChI=1S/C17H30N2O/c1-18-10-7-17(8-11-18)9-12-19(14-17)16(20)13-15-5-3-2-4-6-15/h15H,2-14H2,1H3. The minimum Gasteiger partial charge on any atom is -0.342 e. The Hall–Kier alpha value is -0.570. The van der Waals surface area contributed by atoms with Crippen LogP contribution in [0.4, 0.5) is 0 Å². The third-order valence-electron chi connectivity index (χ3n) is 6.03. The predicted molar refractivity (Wildman–Crippen MR) is 81.6 cm³/mol. The molecule has 3 heteroatoms. The average molecular weight is 278 g/mol. The van der Waals surface area contributed by atoms with Gasteiger partial charge in [0.15, 0.2) is 0 Å². The zero-order valence-corrected chi connectivity index (χ0v) is 13.1. The lowest BCUT2D eigenvalue weighted by atomic mass is 9.78. The van der Waals surface area contributed by atoms with Gasteiger partial charge in [-0.25, -0.2) is 0 Å². The summed E-state index contributed by atoms with van der Waals surface area (Å²) in [5, 5.41) is 0. The Kier molecular flexibility index (Phi) is 4.34. The Morgan fingerprint density at radius 1 is 1.05 bits per heavy atom. The van der Waals surface area contributed by atoms with E-state index in [2.05, 4.69) is 16.8 Å². The molecule has 1 aliphatic carbocycles. The quantitative estimate of drug-likeness (QED) is 0.775. The number of amides is 1. The largest absolute Gasteiger partial charge is 0.342 e. The first-order valence-electron chi connectivity index (χ1n) is 8.63. The molecule has 0 aromatic heterocycles. The molecule has 0 bridgehead atoms. The normalized spacial score (nSPS) is 28.1. The second-order valence-corrected chi connectivity index (χ2v) is 7.58. The van der Waals surface area contributed by atoms with Crippen molar-refractivity contribution in [2.75, 3.05) is 33.2 Å². The van der Waals surface area contributed by atoms with Gasteiger partial charge in [-0.15, -0.1) is 0 Å². The van der Waals surface area contributed by atoms with Gasteiger partial charge in [0.05, 0.1) is 0 Å². The summed E-state index contributed by atoms with van der Waals surface area (Å²) in [7, 11) is 2.22. The van der Waals surface area contributed by atoms with Gasteiger partial charge in [0.1, 0.15) is 0 Å². The van der Waals surface area contributed by atoms with Crippen molar-refractivity contribution in [3.63, 3.8) is 0 Å². The fourth-order valence-electron chi connectivity index (χ4n) is 4.42. The van der Waals surface area contributed by atoms with Crippen molar-refractivity contribution < 1.29 is 4.79 Å². The van der Waals surface area contributed by atoms with Gasteiger partial charge in [-0.05, 0) is 63.6 Å². The van der Waals surface area contributed by atoms with E-state index >= 15 is 0 Å². The second-order valence-electron chi connectivity index (χ2n) is 7.58. The number of carbonyl (C=O) groups excluding carboxylic acids is 1. The van der Waals surface area contributed by atoms with Gasteiger partial charge in [-0.2, -0.15) is 0 Å². The molecule has 3 rings (SSSR count). The van der Waals surface area contributed by atoms with Crippen LogP contribution in [-0.2, 0) is 4.79 Å². The molecular weight excluding hydrogens is 248 g/mol. The molecule has 1 saturated carbocycles. The summed E-state index contributed by atoms with van der Waals surface area (Å²) in [4.78, 5) is 17.1. The van der Waals surface area contributed by atoms with Crippen molar-refractivity contribution in [3.8, 4) is 0 Å². The molecule has 3 fully saturated rings. The van der Waals surface area contributed by atoms with Gasteiger partial charge in [-0.3, -0.25) is 4.79 Å². The van der Waals surface area contributed by atoms with E-state index in [1.165, 1.54) is 64.5 Å². The van der Waals surface area contributed by atoms with E-state index in [-0.39, 0.29) is 0 Å². The highest BCUT2D eigenvalue weighted by Gasteiger charge is 2.41. The van der Waals surface area contributed by atoms with Gasteiger partial charge in [0.2, 0.25) is 5.91 Å². The van der Waals surface area contributed by atoms with Crippen molar-refractivity contribution in [3.05, 3.63) is 0 Å². The first kappa shape index (κ1) is 14.4. The Labute approximate surface area is 123 Å². The van der Waals surface area contributed by atoms with Crippen LogP contribution in [0, 0.1) is 11.3 Å². The summed E-state index contributed by atoms with van der Waals surface area (Å²) in [6.07, 6.45) is 11.3. The van der Waals surface area contributed by atoms with Crippen molar-refractivity contribution in [1.29, 1.82) is 0 Å². The zero-order valence-electron chi connectivity index (χ0n) is 13.1. The van der Waals surface area contributed by atoms with E-state index in [1.54, 1.807) is 0 Å². The highest BCUT2D eigenvalue weighted by molar-refractivity contribution is 5.76. The monoisotopic (exact) mass is 278 g/mol. The first-order valence-corrected chi connectivity index (χ1v) is 8.63. The molecule has 3 aliphatic rings. The van der Waals surface area contributed by atoms with Crippen LogP contribution in [0.15, 0.2) is 0 Å². The Morgan fingerprint density at radius 2 is 1.70 bits per heavy atom. The van der Waals surface area contributed by atoms with Crippen molar-refractivity contribution in [2.24, 2.45) is 11.3 Å². The lowest BCUT2D eigenvalue weighted by Gasteiger charge is -2.37. The molecule has 0 aromatic carbocycles. The summed E-state index contributed by atoms with van der Waals surface area (Å²) >= 11 is 0. The minimum absolute atomic E-state index is 0.452. The lowest BCUT2D eigenvalue weighted by molar-refractivity contribution is -0.132. The molecule has 114 valence electrons. The lowest BCUT2D eigenvalue weighted by Crippen LogP contribution is -2.40. The molecule has 3 nitrogen and oxygen atoms in total. The summed E-state index contributed by atoms with van der Waals surface area (Å²) in [5.74, 6) is 1.14. The predicted octanol–water partition coefficient (Wildman–Crippen LogP) is 2.90. The molecule has 1 amide bonds. The molecule has 2 heterocycles. The number of carbonyl (C=O) groups is 1. The van der Waals surface area contributed by atoms with E-state index in [0.29, 0.717) is 17.2 Å². The Balaban J connectivity index is 1.50. The molecule has 2 saturated heterocycles. The number of rotatable bonds is 2. The maximum absolute atomic E-state index is 12.5. The topological polar surface area (TPSA) is 23.6 Å². The summed E-state index contributed by atoms with van der Waals surface area (Å²) in [5.41, 5.74) is 0.467. The molecule has 0 radical (unpaired) electrons. The van der Waals surface area contributed by atoms with Crippen LogP contribution in [-0.4, -0.2) is 48.9 Å². The third-order valence-corrected chi connectivity index (χ3v) is 6.03. The molecule has 2 aliphatic heterocycles. The summed E-state index contributed by atoms with van der Waals surface area (Å²) in [6.45, 7) is 4.50. The first-order chi connectivity index (χ1) is 9.67. The van der Waals surface area contributed by atoms with E-state index in [1.807, 2.05) is 0 Å².